The molecule has 0 spiro atoms. The maximum atomic E-state index is 11.5. The molecule has 0 saturated heterocycles. The standard InChI is InChI=1S/C14H15ClO4/c1-2-3-9-18-13(16)7-8-14(17)19-12-6-4-5-11(15)10-12/h2,4-6,10H,1,3,7-9H2. The molecule has 0 saturated carbocycles. The SMILES string of the molecule is C=CCCOC(=O)CCC(=O)Oc1cccc(Cl)c1. The second-order valence-electron chi connectivity index (χ2n) is 3.73. The predicted molar refractivity (Wildman–Crippen MR) is 72.1 cm³/mol. The summed E-state index contributed by atoms with van der Waals surface area (Å²) in [5, 5.41) is 0.481. The van der Waals surface area contributed by atoms with Crippen molar-refractivity contribution in [2.75, 3.05) is 6.61 Å². The van der Waals surface area contributed by atoms with E-state index in [-0.39, 0.29) is 19.4 Å². The fourth-order valence-electron chi connectivity index (χ4n) is 1.25. The summed E-state index contributed by atoms with van der Waals surface area (Å²) < 4.78 is 9.89. The molecular weight excluding hydrogens is 268 g/mol. The Morgan fingerprint density at radius 3 is 2.68 bits per heavy atom. The molecule has 0 radical (unpaired) electrons. The molecule has 0 aliphatic rings. The quantitative estimate of drug-likeness (QED) is 0.334. The van der Waals surface area contributed by atoms with Crippen LogP contribution >= 0.6 is 11.6 Å². The minimum atomic E-state index is -0.497. The number of hydrogen-bond donors (Lipinski definition) is 0. The Morgan fingerprint density at radius 2 is 2.00 bits per heavy atom. The number of rotatable bonds is 7. The fourth-order valence-corrected chi connectivity index (χ4v) is 1.43. The zero-order valence-electron chi connectivity index (χ0n) is 10.4. The van der Waals surface area contributed by atoms with Gasteiger partial charge in [-0.3, -0.25) is 9.59 Å². The van der Waals surface area contributed by atoms with Gasteiger partial charge in [0.05, 0.1) is 19.4 Å². The Hall–Kier alpha value is -1.81. The molecule has 0 amide bonds. The number of ether oxygens (including phenoxy) is 2. The van der Waals surface area contributed by atoms with Crippen LogP contribution in [0.2, 0.25) is 5.02 Å². The van der Waals surface area contributed by atoms with Crippen molar-refractivity contribution in [2.24, 2.45) is 0 Å². The van der Waals surface area contributed by atoms with E-state index in [0.717, 1.165) is 0 Å². The van der Waals surface area contributed by atoms with Gasteiger partial charge in [-0.1, -0.05) is 23.7 Å². The fraction of sp³-hybridized carbons (Fsp3) is 0.286. The van der Waals surface area contributed by atoms with Crippen molar-refractivity contribution in [3.8, 4) is 5.75 Å². The van der Waals surface area contributed by atoms with Crippen molar-refractivity contribution < 1.29 is 19.1 Å². The normalized spacial score (nSPS) is 9.74. The monoisotopic (exact) mass is 282 g/mol. The second kappa shape index (κ2) is 8.32. The number of hydrogen-bond acceptors (Lipinski definition) is 4. The van der Waals surface area contributed by atoms with E-state index in [9.17, 15) is 9.59 Å². The van der Waals surface area contributed by atoms with Crippen LogP contribution < -0.4 is 4.74 Å². The molecule has 0 N–H and O–H groups in total. The van der Waals surface area contributed by atoms with Crippen LogP contribution in [0.4, 0.5) is 0 Å². The zero-order valence-corrected chi connectivity index (χ0v) is 11.2. The molecule has 19 heavy (non-hydrogen) atoms. The molecule has 0 aromatic heterocycles. The van der Waals surface area contributed by atoms with Crippen LogP contribution in [0, 0.1) is 0 Å². The summed E-state index contributed by atoms with van der Waals surface area (Å²) in [5.41, 5.74) is 0. The van der Waals surface area contributed by atoms with Crippen molar-refractivity contribution in [1.29, 1.82) is 0 Å². The van der Waals surface area contributed by atoms with Crippen LogP contribution in [-0.4, -0.2) is 18.5 Å². The van der Waals surface area contributed by atoms with E-state index in [2.05, 4.69) is 6.58 Å². The molecule has 5 heteroatoms. The van der Waals surface area contributed by atoms with Gasteiger partial charge in [-0.05, 0) is 24.6 Å². The number of carbonyl (C=O) groups excluding carboxylic acids is 2. The average molecular weight is 283 g/mol. The van der Waals surface area contributed by atoms with Crippen molar-refractivity contribution in [3.63, 3.8) is 0 Å². The van der Waals surface area contributed by atoms with Gasteiger partial charge in [-0.15, -0.1) is 6.58 Å². The van der Waals surface area contributed by atoms with Crippen molar-refractivity contribution in [1.82, 2.24) is 0 Å². The van der Waals surface area contributed by atoms with Gasteiger partial charge in [0.15, 0.2) is 0 Å². The van der Waals surface area contributed by atoms with Crippen LogP contribution in [-0.2, 0) is 14.3 Å². The van der Waals surface area contributed by atoms with E-state index in [1.165, 1.54) is 6.07 Å². The molecule has 0 atom stereocenters. The molecular formula is C14H15ClO4. The molecule has 102 valence electrons. The van der Waals surface area contributed by atoms with Crippen molar-refractivity contribution in [2.45, 2.75) is 19.3 Å². The van der Waals surface area contributed by atoms with Gasteiger partial charge in [0.1, 0.15) is 5.75 Å². The maximum absolute atomic E-state index is 11.5. The smallest absolute Gasteiger partial charge is 0.311 e. The molecule has 1 aromatic carbocycles. The molecule has 1 aromatic rings. The van der Waals surface area contributed by atoms with E-state index in [0.29, 0.717) is 17.2 Å². The summed E-state index contributed by atoms with van der Waals surface area (Å²) in [4.78, 5) is 22.7. The van der Waals surface area contributed by atoms with Gasteiger partial charge < -0.3 is 9.47 Å². The van der Waals surface area contributed by atoms with Crippen LogP contribution in [0.1, 0.15) is 19.3 Å². The summed E-state index contributed by atoms with van der Waals surface area (Å²) >= 11 is 5.75. The number of benzene rings is 1. The first-order chi connectivity index (χ1) is 9.11. The molecule has 1 rings (SSSR count). The Morgan fingerprint density at radius 1 is 1.26 bits per heavy atom. The third-order valence-electron chi connectivity index (χ3n) is 2.15. The van der Waals surface area contributed by atoms with Gasteiger partial charge in [0.2, 0.25) is 0 Å². The Balaban J connectivity index is 2.28. The maximum Gasteiger partial charge on any atom is 0.311 e. The van der Waals surface area contributed by atoms with Gasteiger partial charge in [0, 0.05) is 5.02 Å². The lowest BCUT2D eigenvalue weighted by Gasteiger charge is -2.05. The molecule has 0 fully saturated rings. The highest BCUT2D eigenvalue weighted by atomic mass is 35.5. The molecule has 0 unspecified atom stereocenters. The highest BCUT2D eigenvalue weighted by molar-refractivity contribution is 6.30. The third kappa shape index (κ3) is 6.62. The number of esters is 2. The minimum Gasteiger partial charge on any atom is -0.465 e. The van der Waals surface area contributed by atoms with E-state index < -0.39 is 11.9 Å². The Kier molecular flexibility index (Phi) is 6.68. The lowest BCUT2D eigenvalue weighted by atomic mass is 10.3. The summed E-state index contributed by atoms with van der Waals surface area (Å²) in [6.45, 7) is 3.79. The molecule has 4 nitrogen and oxygen atoms in total. The van der Waals surface area contributed by atoms with E-state index in [4.69, 9.17) is 21.1 Å². The van der Waals surface area contributed by atoms with Gasteiger partial charge >= 0.3 is 11.9 Å². The summed E-state index contributed by atoms with van der Waals surface area (Å²) in [6, 6.07) is 6.50. The Bertz CT molecular complexity index is 457. The topological polar surface area (TPSA) is 52.6 Å². The van der Waals surface area contributed by atoms with Gasteiger partial charge in [0.25, 0.3) is 0 Å². The first-order valence-corrected chi connectivity index (χ1v) is 6.22. The first kappa shape index (κ1) is 15.2. The predicted octanol–water partition coefficient (Wildman–Crippen LogP) is 3.14. The second-order valence-corrected chi connectivity index (χ2v) is 4.17. The number of carbonyl (C=O) groups is 2. The summed E-state index contributed by atoms with van der Waals surface area (Å²) in [6.07, 6.45) is 2.22. The Labute approximate surface area is 117 Å². The highest BCUT2D eigenvalue weighted by Gasteiger charge is 2.10. The van der Waals surface area contributed by atoms with E-state index in [1.54, 1.807) is 24.3 Å². The largest absolute Gasteiger partial charge is 0.465 e. The lowest BCUT2D eigenvalue weighted by Crippen LogP contribution is -2.12. The highest BCUT2D eigenvalue weighted by Crippen LogP contribution is 2.17. The van der Waals surface area contributed by atoms with Crippen molar-refractivity contribution >= 4 is 23.5 Å². The molecule has 0 aliphatic carbocycles. The molecule has 0 aliphatic heterocycles. The lowest BCUT2D eigenvalue weighted by molar-refractivity contribution is -0.146. The minimum absolute atomic E-state index is 0.00343. The van der Waals surface area contributed by atoms with Crippen LogP contribution in [0.15, 0.2) is 36.9 Å². The number of halogens is 1. The molecule has 0 bridgehead atoms. The van der Waals surface area contributed by atoms with Crippen LogP contribution in [0.25, 0.3) is 0 Å². The molecule has 0 heterocycles. The van der Waals surface area contributed by atoms with Gasteiger partial charge in [-0.2, -0.15) is 0 Å². The van der Waals surface area contributed by atoms with Crippen molar-refractivity contribution in [3.05, 3.63) is 41.9 Å². The summed E-state index contributed by atoms with van der Waals surface area (Å²) in [7, 11) is 0. The first-order valence-electron chi connectivity index (χ1n) is 5.84. The third-order valence-corrected chi connectivity index (χ3v) is 2.38. The van der Waals surface area contributed by atoms with E-state index >= 15 is 0 Å². The zero-order chi connectivity index (χ0) is 14.1. The summed E-state index contributed by atoms with van der Waals surface area (Å²) in [5.74, 6) is -0.564. The average Bonchev–Trinajstić information content (AvgIpc) is 2.37. The van der Waals surface area contributed by atoms with Crippen LogP contribution in [0.3, 0.4) is 0 Å². The van der Waals surface area contributed by atoms with Gasteiger partial charge in [-0.25, -0.2) is 0 Å². The van der Waals surface area contributed by atoms with E-state index in [1.807, 2.05) is 0 Å². The van der Waals surface area contributed by atoms with Crippen LogP contribution in [0.5, 0.6) is 5.75 Å².